The number of carbonyl (C=O) groups is 1. The zero-order chi connectivity index (χ0) is 14.5. The molecule has 0 unspecified atom stereocenters. The Kier molecular flexibility index (Phi) is 4.63. The third-order valence-corrected chi connectivity index (χ3v) is 3.03. The highest BCUT2D eigenvalue weighted by molar-refractivity contribution is 6.29. The van der Waals surface area contributed by atoms with Crippen LogP contribution < -0.4 is 5.32 Å². The monoisotopic (exact) mass is 293 g/mol. The van der Waals surface area contributed by atoms with Gasteiger partial charge in [-0.15, -0.1) is 0 Å². The number of hydrogen-bond acceptors (Lipinski definition) is 3. The summed E-state index contributed by atoms with van der Waals surface area (Å²) in [5.74, 6) is -0.569. The number of hydrogen-bond donors (Lipinski definition) is 1. The topological polar surface area (TPSA) is 54.9 Å². The van der Waals surface area contributed by atoms with Gasteiger partial charge in [0.05, 0.1) is 12.4 Å². The van der Waals surface area contributed by atoms with Gasteiger partial charge in [0.15, 0.2) is 0 Å². The van der Waals surface area contributed by atoms with E-state index in [1.807, 2.05) is 6.92 Å². The summed E-state index contributed by atoms with van der Waals surface area (Å²) in [4.78, 5) is 19.4. The molecule has 1 aromatic heterocycles. The molecule has 0 spiro atoms. The molecule has 0 saturated heterocycles. The maximum Gasteiger partial charge on any atom is 0.271 e. The summed E-state index contributed by atoms with van der Waals surface area (Å²) in [5, 5.41) is 2.97. The Morgan fingerprint density at radius 1 is 1.35 bits per heavy atom. The van der Waals surface area contributed by atoms with E-state index < -0.39 is 0 Å². The fourth-order valence-corrected chi connectivity index (χ4v) is 1.87. The maximum atomic E-state index is 13.0. The zero-order valence-electron chi connectivity index (χ0n) is 10.9. The number of benzene rings is 1. The molecule has 0 aliphatic carbocycles. The molecule has 4 nitrogen and oxygen atoms in total. The summed E-state index contributed by atoms with van der Waals surface area (Å²) in [5.41, 5.74) is 2.07. The number of halogens is 2. The van der Waals surface area contributed by atoms with Crippen LogP contribution in [0.4, 0.5) is 4.39 Å². The van der Waals surface area contributed by atoms with Gasteiger partial charge in [0.2, 0.25) is 0 Å². The van der Waals surface area contributed by atoms with Crippen LogP contribution in [0.5, 0.6) is 0 Å². The van der Waals surface area contributed by atoms with E-state index >= 15 is 0 Å². The van der Waals surface area contributed by atoms with Crippen LogP contribution in [-0.2, 0) is 6.42 Å². The second-order valence-electron chi connectivity index (χ2n) is 4.30. The van der Waals surface area contributed by atoms with Gasteiger partial charge in [-0.1, -0.05) is 17.7 Å². The first-order valence-electron chi connectivity index (χ1n) is 6.07. The van der Waals surface area contributed by atoms with Crippen molar-refractivity contribution in [1.82, 2.24) is 15.3 Å². The molecule has 2 rings (SSSR count). The zero-order valence-corrected chi connectivity index (χ0v) is 11.6. The lowest BCUT2D eigenvalue weighted by atomic mass is 10.1. The van der Waals surface area contributed by atoms with Gasteiger partial charge in [-0.3, -0.25) is 4.79 Å². The molecule has 1 aromatic carbocycles. The van der Waals surface area contributed by atoms with Crippen molar-refractivity contribution in [2.45, 2.75) is 13.3 Å². The molecule has 0 aliphatic heterocycles. The highest BCUT2D eigenvalue weighted by Crippen LogP contribution is 2.10. The van der Waals surface area contributed by atoms with Gasteiger partial charge >= 0.3 is 0 Å². The number of aryl methyl sites for hydroxylation is 1. The van der Waals surface area contributed by atoms with E-state index in [1.54, 1.807) is 6.07 Å². The van der Waals surface area contributed by atoms with Gasteiger partial charge in [0, 0.05) is 6.54 Å². The van der Waals surface area contributed by atoms with Crippen LogP contribution in [0.1, 0.15) is 21.6 Å². The van der Waals surface area contributed by atoms with Crippen molar-refractivity contribution in [3.8, 4) is 0 Å². The van der Waals surface area contributed by atoms with E-state index in [2.05, 4.69) is 15.3 Å². The number of nitrogens with zero attached hydrogens (tertiary/aromatic N) is 2. The second kappa shape index (κ2) is 6.43. The van der Waals surface area contributed by atoms with Crippen molar-refractivity contribution in [3.05, 3.63) is 58.4 Å². The van der Waals surface area contributed by atoms with Crippen LogP contribution >= 0.6 is 11.6 Å². The summed E-state index contributed by atoms with van der Waals surface area (Å²) in [7, 11) is 0. The number of carbonyl (C=O) groups excluding carboxylic acids is 1. The van der Waals surface area contributed by atoms with Crippen molar-refractivity contribution in [2.75, 3.05) is 6.54 Å². The number of nitrogens with one attached hydrogen (secondary N) is 1. The minimum atomic E-state index is -0.311. The Morgan fingerprint density at radius 3 is 2.80 bits per heavy atom. The quantitative estimate of drug-likeness (QED) is 0.942. The van der Waals surface area contributed by atoms with E-state index in [4.69, 9.17) is 11.6 Å². The molecule has 1 amide bonds. The average Bonchev–Trinajstić information content (AvgIpc) is 2.42. The largest absolute Gasteiger partial charge is 0.350 e. The van der Waals surface area contributed by atoms with Crippen LogP contribution in [0, 0.1) is 12.7 Å². The van der Waals surface area contributed by atoms with E-state index in [-0.39, 0.29) is 22.6 Å². The van der Waals surface area contributed by atoms with E-state index in [9.17, 15) is 9.18 Å². The van der Waals surface area contributed by atoms with Gasteiger partial charge in [0.25, 0.3) is 5.91 Å². The Bertz CT molecular complexity index is 616. The second-order valence-corrected chi connectivity index (χ2v) is 4.69. The molecular formula is C14H13ClFN3O. The molecule has 104 valence electrons. The summed E-state index contributed by atoms with van der Waals surface area (Å²) in [6.45, 7) is 2.28. The van der Waals surface area contributed by atoms with Crippen LogP contribution in [0.2, 0.25) is 5.15 Å². The molecule has 0 fully saturated rings. The smallest absolute Gasteiger partial charge is 0.271 e. The lowest BCUT2D eigenvalue weighted by Crippen LogP contribution is -2.26. The molecule has 0 atom stereocenters. The van der Waals surface area contributed by atoms with Gasteiger partial charge in [-0.25, -0.2) is 14.4 Å². The Balaban J connectivity index is 1.89. The summed E-state index contributed by atoms with van der Waals surface area (Å²) >= 11 is 5.59. The minimum Gasteiger partial charge on any atom is -0.350 e. The predicted molar refractivity (Wildman–Crippen MR) is 74.2 cm³/mol. The van der Waals surface area contributed by atoms with E-state index in [1.165, 1.54) is 24.5 Å². The Hall–Kier alpha value is -2.01. The Morgan fingerprint density at radius 2 is 2.15 bits per heavy atom. The fraction of sp³-hybridized carbons (Fsp3) is 0.214. The van der Waals surface area contributed by atoms with Gasteiger partial charge in [-0.05, 0) is 36.6 Å². The Labute approximate surface area is 121 Å². The minimum absolute atomic E-state index is 0.213. The van der Waals surface area contributed by atoms with Gasteiger partial charge in [0.1, 0.15) is 16.7 Å². The molecule has 6 heteroatoms. The summed E-state index contributed by atoms with van der Waals surface area (Å²) < 4.78 is 13.0. The highest BCUT2D eigenvalue weighted by atomic mass is 35.5. The van der Waals surface area contributed by atoms with Crippen LogP contribution in [0.3, 0.4) is 0 Å². The molecule has 2 aromatic rings. The average molecular weight is 294 g/mol. The molecule has 0 bridgehead atoms. The highest BCUT2D eigenvalue weighted by Gasteiger charge is 2.07. The third-order valence-electron chi connectivity index (χ3n) is 2.84. The first-order chi connectivity index (χ1) is 9.56. The van der Waals surface area contributed by atoms with Crippen LogP contribution in [0.15, 0.2) is 30.6 Å². The first-order valence-corrected chi connectivity index (χ1v) is 6.45. The van der Waals surface area contributed by atoms with Crippen molar-refractivity contribution in [3.63, 3.8) is 0 Å². The first kappa shape index (κ1) is 14.4. The van der Waals surface area contributed by atoms with Gasteiger partial charge < -0.3 is 5.32 Å². The third kappa shape index (κ3) is 3.74. The van der Waals surface area contributed by atoms with Crippen molar-refractivity contribution in [1.29, 1.82) is 0 Å². The van der Waals surface area contributed by atoms with Gasteiger partial charge in [-0.2, -0.15) is 0 Å². The summed E-state index contributed by atoms with van der Waals surface area (Å²) in [6.07, 6.45) is 3.26. The normalized spacial score (nSPS) is 10.3. The molecule has 1 heterocycles. The molecule has 0 radical (unpaired) electrons. The molecule has 20 heavy (non-hydrogen) atoms. The number of aromatic nitrogens is 2. The summed E-state index contributed by atoms with van der Waals surface area (Å²) in [6, 6.07) is 4.61. The molecule has 0 aliphatic rings. The van der Waals surface area contributed by atoms with E-state index in [0.717, 1.165) is 11.1 Å². The fourth-order valence-electron chi connectivity index (χ4n) is 1.77. The molecule has 0 saturated carbocycles. The van der Waals surface area contributed by atoms with Crippen molar-refractivity contribution >= 4 is 17.5 Å². The predicted octanol–water partition coefficient (Wildman–Crippen LogP) is 2.55. The lowest BCUT2D eigenvalue weighted by Gasteiger charge is -2.07. The van der Waals surface area contributed by atoms with E-state index in [0.29, 0.717) is 13.0 Å². The van der Waals surface area contributed by atoms with Crippen LogP contribution in [-0.4, -0.2) is 22.4 Å². The molecule has 1 N–H and O–H groups in total. The van der Waals surface area contributed by atoms with Crippen LogP contribution in [0.25, 0.3) is 0 Å². The van der Waals surface area contributed by atoms with Crippen molar-refractivity contribution in [2.24, 2.45) is 0 Å². The number of rotatable bonds is 4. The number of amides is 1. The van der Waals surface area contributed by atoms with Crippen molar-refractivity contribution < 1.29 is 9.18 Å². The lowest BCUT2D eigenvalue weighted by molar-refractivity contribution is 0.0948. The molecular weight excluding hydrogens is 281 g/mol. The standard InChI is InChI=1S/C14H13ClFN3O/c1-9-6-11(16)3-2-10(9)4-5-17-14(20)12-7-19-13(15)8-18-12/h2-3,6-8H,4-5H2,1H3,(H,17,20). The maximum absolute atomic E-state index is 13.0. The SMILES string of the molecule is Cc1cc(F)ccc1CCNC(=O)c1cnc(Cl)cn1.